The molecule has 1 fully saturated rings. The van der Waals surface area contributed by atoms with E-state index in [2.05, 4.69) is 32.4 Å². The Hall–Kier alpha value is -1.35. The van der Waals surface area contributed by atoms with Crippen LogP contribution in [0.15, 0.2) is 10.4 Å². The van der Waals surface area contributed by atoms with E-state index >= 15 is 0 Å². The van der Waals surface area contributed by atoms with Crippen LogP contribution < -0.4 is 10.6 Å². The normalized spacial score (nSPS) is 19.3. The Kier molecular flexibility index (Phi) is 8.82. The summed E-state index contributed by atoms with van der Waals surface area (Å²) in [7, 11) is 0. The fourth-order valence-corrected chi connectivity index (χ4v) is 3.94. The average molecular weight is 406 g/mol. The molecule has 1 aromatic heterocycles. The summed E-state index contributed by atoms with van der Waals surface area (Å²) < 4.78 is 37.7. The van der Waals surface area contributed by atoms with Crippen LogP contribution in [-0.2, 0) is 12.6 Å². The fourth-order valence-electron chi connectivity index (χ4n) is 3.14. The molecule has 2 heterocycles. The molecule has 0 radical (unpaired) electrons. The number of thiazole rings is 1. The van der Waals surface area contributed by atoms with E-state index < -0.39 is 11.9 Å². The van der Waals surface area contributed by atoms with Crippen LogP contribution >= 0.6 is 11.3 Å². The van der Waals surface area contributed by atoms with Gasteiger partial charge in [0.15, 0.2) is 11.7 Å². The zero-order valence-corrected chi connectivity index (χ0v) is 16.9. The zero-order valence-electron chi connectivity index (χ0n) is 16.1. The monoisotopic (exact) mass is 405 g/mol. The van der Waals surface area contributed by atoms with Crippen LogP contribution in [0.2, 0.25) is 0 Å². The highest BCUT2D eigenvalue weighted by atomic mass is 32.1. The van der Waals surface area contributed by atoms with Gasteiger partial charge in [-0.2, -0.15) is 13.2 Å². The maximum atomic E-state index is 12.6. The lowest BCUT2D eigenvalue weighted by Gasteiger charge is -2.33. The molecule has 1 aliphatic heterocycles. The van der Waals surface area contributed by atoms with Gasteiger partial charge in [0.05, 0.1) is 5.01 Å². The second-order valence-corrected chi connectivity index (χ2v) is 7.74. The topological polar surface area (TPSA) is 52.6 Å². The van der Waals surface area contributed by atoms with Gasteiger partial charge < -0.3 is 15.5 Å². The third-order valence-electron chi connectivity index (χ3n) is 4.63. The van der Waals surface area contributed by atoms with Gasteiger partial charge in [-0.25, -0.2) is 4.98 Å². The molecule has 9 heteroatoms. The summed E-state index contributed by atoms with van der Waals surface area (Å²) >= 11 is 1.04. The largest absolute Gasteiger partial charge is 0.434 e. The van der Waals surface area contributed by atoms with Gasteiger partial charge in [0, 0.05) is 44.0 Å². The molecular weight excluding hydrogens is 375 g/mol. The van der Waals surface area contributed by atoms with E-state index in [0.29, 0.717) is 30.0 Å². The molecule has 0 bridgehead atoms. The standard InChI is InChI=1S/C18H30F3N5S/c1-3-22-17(23-9-6-12-26-11-5-4-7-14(26)2)24-10-8-16-25-15(13-27-16)18(19,20)21/h13-14H,3-12H2,1-2H3,(H2,22,23,24). The van der Waals surface area contributed by atoms with Gasteiger partial charge in [0.25, 0.3) is 0 Å². The smallest absolute Gasteiger partial charge is 0.357 e. The first-order chi connectivity index (χ1) is 12.9. The van der Waals surface area contributed by atoms with Crippen molar-refractivity contribution in [1.29, 1.82) is 0 Å². The first-order valence-electron chi connectivity index (χ1n) is 9.68. The Morgan fingerprint density at radius 1 is 1.37 bits per heavy atom. The number of hydrogen-bond donors (Lipinski definition) is 2. The highest BCUT2D eigenvalue weighted by molar-refractivity contribution is 7.09. The molecule has 27 heavy (non-hydrogen) atoms. The fraction of sp³-hybridized carbons (Fsp3) is 0.778. The quantitative estimate of drug-likeness (QED) is 0.395. The Morgan fingerprint density at radius 2 is 2.19 bits per heavy atom. The third kappa shape index (κ3) is 7.65. The second kappa shape index (κ2) is 10.8. The van der Waals surface area contributed by atoms with E-state index in [1.165, 1.54) is 25.8 Å². The molecule has 1 aromatic rings. The van der Waals surface area contributed by atoms with Crippen molar-refractivity contribution in [2.45, 2.75) is 58.2 Å². The lowest BCUT2D eigenvalue weighted by Crippen LogP contribution is -2.39. The van der Waals surface area contributed by atoms with Crippen LogP contribution in [0.4, 0.5) is 13.2 Å². The lowest BCUT2D eigenvalue weighted by atomic mass is 10.0. The van der Waals surface area contributed by atoms with Gasteiger partial charge >= 0.3 is 6.18 Å². The van der Waals surface area contributed by atoms with Crippen molar-refractivity contribution >= 4 is 17.3 Å². The van der Waals surface area contributed by atoms with Gasteiger partial charge in [-0.3, -0.25) is 4.99 Å². The number of nitrogens with one attached hydrogen (secondary N) is 2. The van der Waals surface area contributed by atoms with E-state index in [9.17, 15) is 13.2 Å². The highest BCUT2D eigenvalue weighted by Crippen LogP contribution is 2.30. The van der Waals surface area contributed by atoms with Crippen molar-refractivity contribution in [2.75, 3.05) is 32.7 Å². The number of halogens is 3. The van der Waals surface area contributed by atoms with Crippen molar-refractivity contribution in [1.82, 2.24) is 20.5 Å². The molecule has 0 aromatic carbocycles. The summed E-state index contributed by atoms with van der Waals surface area (Å²) in [6.45, 7) is 8.48. The van der Waals surface area contributed by atoms with Crippen LogP contribution in [0, 0.1) is 0 Å². The molecule has 0 amide bonds. The molecule has 1 unspecified atom stereocenters. The average Bonchev–Trinajstić information content (AvgIpc) is 3.09. The summed E-state index contributed by atoms with van der Waals surface area (Å²) in [5, 5.41) is 7.89. The molecule has 154 valence electrons. The number of likely N-dealkylation sites (tertiary alicyclic amines) is 1. The van der Waals surface area contributed by atoms with Gasteiger partial charge in [0.1, 0.15) is 0 Å². The van der Waals surface area contributed by atoms with E-state index in [0.717, 1.165) is 42.8 Å². The highest BCUT2D eigenvalue weighted by Gasteiger charge is 2.33. The number of piperidine rings is 1. The summed E-state index contributed by atoms with van der Waals surface area (Å²) in [5.41, 5.74) is -0.810. The first kappa shape index (κ1) is 21.9. The van der Waals surface area contributed by atoms with Crippen LogP contribution in [0.1, 0.15) is 50.2 Å². The minimum atomic E-state index is -4.37. The Labute approximate surface area is 163 Å². The van der Waals surface area contributed by atoms with E-state index in [4.69, 9.17) is 0 Å². The van der Waals surface area contributed by atoms with E-state index in [1.807, 2.05) is 6.92 Å². The lowest BCUT2D eigenvalue weighted by molar-refractivity contribution is -0.140. The van der Waals surface area contributed by atoms with Gasteiger partial charge in [-0.05, 0) is 39.7 Å². The van der Waals surface area contributed by atoms with Crippen molar-refractivity contribution in [3.8, 4) is 0 Å². The number of nitrogens with zero attached hydrogens (tertiary/aromatic N) is 3. The molecule has 0 aliphatic carbocycles. The van der Waals surface area contributed by atoms with Crippen LogP contribution in [0.3, 0.4) is 0 Å². The number of rotatable bonds is 8. The predicted octanol–water partition coefficient (Wildman–Crippen LogP) is 3.52. The molecule has 5 nitrogen and oxygen atoms in total. The number of guanidine groups is 1. The Bertz CT molecular complexity index is 588. The molecule has 1 atom stereocenters. The van der Waals surface area contributed by atoms with Crippen molar-refractivity contribution in [3.05, 3.63) is 16.1 Å². The van der Waals surface area contributed by atoms with Crippen LogP contribution in [0.5, 0.6) is 0 Å². The predicted molar refractivity (Wildman–Crippen MR) is 104 cm³/mol. The Balaban J connectivity index is 1.72. The molecule has 1 saturated heterocycles. The molecule has 2 rings (SSSR count). The maximum Gasteiger partial charge on any atom is 0.434 e. The van der Waals surface area contributed by atoms with Crippen LogP contribution in [-0.4, -0.2) is 54.6 Å². The van der Waals surface area contributed by atoms with Crippen molar-refractivity contribution in [2.24, 2.45) is 4.99 Å². The molecule has 0 saturated carbocycles. The maximum absolute atomic E-state index is 12.6. The zero-order chi connectivity index (χ0) is 19.7. The van der Waals surface area contributed by atoms with Gasteiger partial charge in [0.2, 0.25) is 0 Å². The Morgan fingerprint density at radius 3 is 2.85 bits per heavy atom. The van der Waals surface area contributed by atoms with Crippen molar-refractivity contribution < 1.29 is 13.2 Å². The minimum absolute atomic E-state index is 0.441. The number of alkyl halides is 3. The SMILES string of the molecule is CCNC(=NCCCN1CCCCC1C)NCCc1nc(C(F)(F)F)cs1. The number of hydrogen-bond acceptors (Lipinski definition) is 4. The second-order valence-electron chi connectivity index (χ2n) is 6.80. The molecule has 0 spiro atoms. The summed E-state index contributed by atoms with van der Waals surface area (Å²) in [6, 6.07) is 0.661. The van der Waals surface area contributed by atoms with E-state index in [-0.39, 0.29) is 0 Å². The van der Waals surface area contributed by atoms with E-state index in [1.54, 1.807) is 0 Å². The molecule has 1 aliphatic rings. The number of aliphatic imine (C=N–C) groups is 1. The van der Waals surface area contributed by atoms with Gasteiger partial charge in [-0.15, -0.1) is 11.3 Å². The summed E-state index contributed by atoms with van der Waals surface area (Å²) in [6.07, 6.45) is 0.960. The van der Waals surface area contributed by atoms with Crippen molar-refractivity contribution in [3.63, 3.8) is 0 Å². The third-order valence-corrected chi connectivity index (χ3v) is 5.54. The van der Waals surface area contributed by atoms with Gasteiger partial charge in [-0.1, -0.05) is 6.42 Å². The van der Waals surface area contributed by atoms with Crippen LogP contribution in [0.25, 0.3) is 0 Å². The number of aromatic nitrogens is 1. The minimum Gasteiger partial charge on any atom is -0.357 e. The molecular formula is C18H30F3N5S. The summed E-state index contributed by atoms with van der Waals surface area (Å²) in [5.74, 6) is 0.705. The molecule has 2 N–H and O–H groups in total. The first-order valence-corrected chi connectivity index (χ1v) is 10.6. The summed E-state index contributed by atoms with van der Waals surface area (Å²) in [4.78, 5) is 10.7.